The van der Waals surface area contributed by atoms with E-state index < -0.39 is 28.7 Å². The average molecular weight is 534 g/mol. The Balaban J connectivity index is 1.63. The van der Waals surface area contributed by atoms with Gasteiger partial charge < -0.3 is 24.6 Å². The molecule has 0 spiro atoms. The summed E-state index contributed by atoms with van der Waals surface area (Å²) in [6.45, 7) is 4.42. The van der Waals surface area contributed by atoms with E-state index in [0.29, 0.717) is 13.2 Å². The fourth-order valence-electron chi connectivity index (χ4n) is 3.84. The number of rotatable bonds is 10. The van der Waals surface area contributed by atoms with Crippen molar-refractivity contribution in [3.05, 3.63) is 58.4 Å². The number of fused-ring (bicyclic) bond motifs is 1. The molecule has 11 heteroatoms. The molecule has 2 N–H and O–H groups in total. The summed E-state index contributed by atoms with van der Waals surface area (Å²) >= 11 is 0. The predicted molar refractivity (Wildman–Crippen MR) is 132 cm³/mol. The van der Waals surface area contributed by atoms with Crippen molar-refractivity contribution < 1.29 is 36.9 Å². The lowest BCUT2D eigenvalue weighted by Gasteiger charge is -2.30. The molecule has 0 saturated carbocycles. The van der Waals surface area contributed by atoms with Crippen molar-refractivity contribution in [2.24, 2.45) is 0 Å². The van der Waals surface area contributed by atoms with Crippen molar-refractivity contribution in [2.45, 2.75) is 44.9 Å². The van der Waals surface area contributed by atoms with Crippen molar-refractivity contribution in [1.82, 2.24) is 9.97 Å². The fraction of sp³-hybridized carbons (Fsp3) is 0.407. The van der Waals surface area contributed by atoms with Crippen LogP contribution in [-0.2, 0) is 21.9 Å². The Morgan fingerprint density at radius 2 is 1.92 bits per heavy atom. The first-order valence-corrected chi connectivity index (χ1v) is 11.9. The third-order valence-electron chi connectivity index (χ3n) is 6.08. The number of nitrogens with one attached hydrogen (secondary N) is 1. The molecule has 1 aromatic heterocycles. The maximum Gasteiger partial charge on any atom is 0.303 e. The first-order chi connectivity index (χ1) is 17.9. The zero-order valence-electron chi connectivity index (χ0n) is 21.1. The summed E-state index contributed by atoms with van der Waals surface area (Å²) < 4.78 is 76.1. The number of alkyl halides is 2. The Labute approximate surface area is 217 Å². The van der Waals surface area contributed by atoms with Gasteiger partial charge in [0.2, 0.25) is 0 Å². The van der Waals surface area contributed by atoms with Gasteiger partial charge in [0.1, 0.15) is 52.6 Å². The summed E-state index contributed by atoms with van der Waals surface area (Å²) in [6.07, 6.45) is 5.53. The van der Waals surface area contributed by atoms with Crippen LogP contribution in [0.1, 0.15) is 36.4 Å². The van der Waals surface area contributed by atoms with Crippen molar-refractivity contribution in [3.8, 4) is 18.1 Å². The number of aryl methyl sites for hydroxylation is 1. The second kappa shape index (κ2) is 10.7. The normalized spacial score (nSPS) is 14.3. The molecule has 2 heterocycles. The van der Waals surface area contributed by atoms with Gasteiger partial charge in [-0.1, -0.05) is 18.1 Å². The van der Waals surface area contributed by atoms with Crippen LogP contribution in [0, 0.1) is 30.9 Å². The van der Waals surface area contributed by atoms with Gasteiger partial charge >= 0.3 is 5.92 Å². The van der Waals surface area contributed by atoms with Gasteiger partial charge in [-0.15, -0.1) is 6.42 Å². The van der Waals surface area contributed by atoms with Crippen LogP contribution in [0.3, 0.4) is 0 Å². The third kappa shape index (κ3) is 5.38. The summed E-state index contributed by atoms with van der Waals surface area (Å²) in [4.78, 5) is 8.44. The maximum atomic E-state index is 15.4. The highest BCUT2D eigenvalue weighted by Crippen LogP contribution is 2.40. The van der Waals surface area contributed by atoms with Crippen molar-refractivity contribution >= 4 is 16.7 Å². The van der Waals surface area contributed by atoms with E-state index in [-0.39, 0.29) is 65.3 Å². The van der Waals surface area contributed by atoms with Gasteiger partial charge in [-0.25, -0.2) is 18.7 Å². The minimum Gasteiger partial charge on any atom is -0.490 e. The molecule has 4 rings (SSSR count). The van der Waals surface area contributed by atoms with Crippen LogP contribution in [0.2, 0.25) is 0 Å². The zero-order chi connectivity index (χ0) is 27.7. The summed E-state index contributed by atoms with van der Waals surface area (Å²) in [6, 6.07) is 4.97. The molecular weight excluding hydrogens is 506 g/mol. The van der Waals surface area contributed by atoms with E-state index in [0.717, 1.165) is 19.9 Å². The number of nitrogens with zero attached hydrogens (tertiary/aromatic N) is 2. The molecule has 1 fully saturated rings. The topological polar surface area (TPSA) is 85.7 Å². The molecule has 0 radical (unpaired) electrons. The Kier molecular flexibility index (Phi) is 7.78. The minimum absolute atomic E-state index is 0.00600. The molecule has 0 aliphatic carbocycles. The van der Waals surface area contributed by atoms with E-state index in [1.165, 1.54) is 25.1 Å². The van der Waals surface area contributed by atoms with Gasteiger partial charge in [-0.3, -0.25) is 0 Å². The summed E-state index contributed by atoms with van der Waals surface area (Å²) in [7, 11) is 0. The largest absolute Gasteiger partial charge is 0.490 e. The van der Waals surface area contributed by atoms with Gasteiger partial charge in [0.15, 0.2) is 5.82 Å². The number of aromatic nitrogens is 2. The van der Waals surface area contributed by atoms with Crippen LogP contribution in [0.25, 0.3) is 10.9 Å². The Hall–Kier alpha value is -3.46. The molecule has 0 amide bonds. The number of benzene rings is 2. The van der Waals surface area contributed by atoms with Crippen LogP contribution in [0.4, 0.5) is 23.4 Å². The highest BCUT2D eigenvalue weighted by molar-refractivity contribution is 5.92. The summed E-state index contributed by atoms with van der Waals surface area (Å²) in [5, 5.41) is 12.9. The number of hydrogen-bond acceptors (Lipinski definition) is 7. The van der Waals surface area contributed by atoms with Crippen LogP contribution in [0.15, 0.2) is 24.3 Å². The molecule has 0 unspecified atom stereocenters. The van der Waals surface area contributed by atoms with Crippen molar-refractivity contribution in [3.63, 3.8) is 0 Å². The number of terminal acetylenes is 1. The Bertz CT molecular complexity index is 1380. The maximum absolute atomic E-state index is 15.4. The SMILES string of the molecule is C#Cc1c(OCCOC2COC2)cc2c(NCc3cccc(C(F)(F)C(C)(C)O)c3F)nc(C)nc2c1F. The minimum atomic E-state index is -3.85. The molecular formula is C27H27F4N3O4. The quantitative estimate of drug-likeness (QED) is 0.226. The van der Waals surface area contributed by atoms with E-state index in [1.807, 2.05) is 0 Å². The third-order valence-corrected chi connectivity index (χ3v) is 6.08. The van der Waals surface area contributed by atoms with Crippen LogP contribution < -0.4 is 10.1 Å². The number of ether oxygens (including phenoxy) is 3. The molecule has 2 aromatic carbocycles. The molecule has 1 saturated heterocycles. The van der Waals surface area contributed by atoms with Gasteiger partial charge in [0.25, 0.3) is 0 Å². The summed E-state index contributed by atoms with van der Waals surface area (Å²) in [5.74, 6) is -3.13. The lowest BCUT2D eigenvalue weighted by atomic mass is 9.92. The highest BCUT2D eigenvalue weighted by atomic mass is 19.3. The molecule has 38 heavy (non-hydrogen) atoms. The first kappa shape index (κ1) is 27.6. The lowest BCUT2D eigenvalue weighted by Crippen LogP contribution is -2.41. The van der Waals surface area contributed by atoms with Crippen LogP contribution in [0.5, 0.6) is 5.75 Å². The monoisotopic (exact) mass is 533 g/mol. The second-order valence-corrected chi connectivity index (χ2v) is 9.37. The standard InChI is InChI=1S/C27H27F4N3O4/c1-5-18-21(38-10-9-37-17-13-36-14-17)11-19-24(23(18)29)33-15(2)34-25(19)32-12-16-7-6-8-20(22(16)28)27(30,31)26(3,4)35/h1,6-8,11,17,35H,9-10,12-14H2,2-4H3,(H,32,33,34). The Morgan fingerprint density at radius 1 is 1.18 bits per heavy atom. The van der Waals surface area contributed by atoms with E-state index >= 15 is 8.78 Å². The number of anilines is 1. The van der Waals surface area contributed by atoms with Gasteiger partial charge in [0, 0.05) is 17.5 Å². The Morgan fingerprint density at radius 3 is 2.55 bits per heavy atom. The molecule has 0 atom stereocenters. The number of halogens is 4. The van der Waals surface area contributed by atoms with Crippen molar-refractivity contribution in [2.75, 3.05) is 31.7 Å². The average Bonchev–Trinajstić information content (AvgIpc) is 2.82. The molecule has 0 bridgehead atoms. The van der Waals surface area contributed by atoms with E-state index in [1.54, 1.807) is 0 Å². The molecule has 1 aliphatic heterocycles. The van der Waals surface area contributed by atoms with Crippen molar-refractivity contribution in [1.29, 1.82) is 0 Å². The number of aliphatic hydroxyl groups is 1. The fourth-order valence-corrected chi connectivity index (χ4v) is 3.84. The van der Waals surface area contributed by atoms with E-state index in [2.05, 4.69) is 21.2 Å². The van der Waals surface area contributed by atoms with E-state index in [9.17, 15) is 13.9 Å². The molecule has 202 valence electrons. The lowest BCUT2D eigenvalue weighted by molar-refractivity contribution is -0.170. The smallest absolute Gasteiger partial charge is 0.303 e. The molecule has 1 aliphatic rings. The van der Waals surface area contributed by atoms with E-state index in [4.69, 9.17) is 20.6 Å². The van der Waals surface area contributed by atoms with Gasteiger partial charge in [-0.05, 0) is 32.9 Å². The van der Waals surface area contributed by atoms with Crippen LogP contribution in [-0.4, -0.2) is 53.2 Å². The highest BCUT2D eigenvalue weighted by Gasteiger charge is 2.49. The predicted octanol–water partition coefficient (Wildman–Crippen LogP) is 4.47. The van der Waals surface area contributed by atoms with Gasteiger partial charge in [-0.2, -0.15) is 8.78 Å². The number of hydrogen-bond donors (Lipinski definition) is 2. The first-order valence-electron chi connectivity index (χ1n) is 11.9. The summed E-state index contributed by atoms with van der Waals surface area (Å²) in [5.41, 5.74) is -3.74. The zero-order valence-corrected chi connectivity index (χ0v) is 21.1. The van der Waals surface area contributed by atoms with Crippen LogP contribution >= 0.6 is 0 Å². The van der Waals surface area contributed by atoms with Gasteiger partial charge in [0.05, 0.1) is 25.4 Å². The second-order valence-electron chi connectivity index (χ2n) is 9.37. The molecule has 7 nitrogen and oxygen atoms in total. The molecule has 3 aromatic rings.